The van der Waals surface area contributed by atoms with Crippen molar-refractivity contribution in [3.05, 3.63) is 164 Å². The summed E-state index contributed by atoms with van der Waals surface area (Å²) in [5.41, 5.74) is -22.4. The molecule has 5 aromatic rings. The molecular formula is C43H24F12N2O9. The van der Waals surface area contributed by atoms with E-state index >= 15 is 26.3 Å². The van der Waals surface area contributed by atoms with Crippen molar-refractivity contribution in [3.8, 4) is 0 Å². The van der Waals surface area contributed by atoms with Gasteiger partial charge in [0.1, 0.15) is 0 Å². The number of amides is 2. The van der Waals surface area contributed by atoms with Gasteiger partial charge in [-0.05, 0) is 89.8 Å². The van der Waals surface area contributed by atoms with Crippen LogP contribution in [-0.4, -0.2) is 70.6 Å². The summed E-state index contributed by atoms with van der Waals surface area (Å²) in [6.45, 7) is 1.51. The second-order valence-corrected chi connectivity index (χ2v) is 14.4. The molecule has 0 fully saturated rings. The monoisotopic (exact) mass is 940 g/mol. The number of carbonyl (C=O) groups excluding carboxylic acids is 4. The van der Waals surface area contributed by atoms with Gasteiger partial charge in [-0.25, -0.2) is 19.2 Å². The predicted octanol–water partition coefficient (Wildman–Crippen LogP) is 10.0. The van der Waals surface area contributed by atoms with Gasteiger partial charge in [0.15, 0.2) is 0 Å². The first-order chi connectivity index (χ1) is 30.5. The number of fused-ring (bicyclic) bond motifs is 1. The third-order valence-corrected chi connectivity index (χ3v) is 10.5. The van der Waals surface area contributed by atoms with Crippen molar-refractivity contribution >= 4 is 47.1 Å². The Morgan fingerprint density at radius 2 is 0.788 bits per heavy atom. The Balaban J connectivity index is 1.38. The van der Waals surface area contributed by atoms with E-state index in [0.29, 0.717) is 48.0 Å². The standard InChI is InChI=1S/C43H24F12N2O9/c1-19-2-13-26(34(60)61)29(16-19)32(58)56-24-9-3-20(4-10-24)38(40(44,45)46,41(47,48)49)21-5-11-25(12-6-21)57-33(59)30-17-22(7-14-27(30)35(62)63)39(42(50,51)52,43(53,54)55)23-8-15-28-31(18-23)37(65)66-36(28)64/h2-18H,1H3,(H,56,58)(H,57,59)(H,60,61)(H,62,63). The zero-order valence-electron chi connectivity index (χ0n) is 32.6. The zero-order valence-corrected chi connectivity index (χ0v) is 32.6. The van der Waals surface area contributed by atoms with Crippen LogP contribution >= 0.6 is 0 Å². The first kappa shape index (κ1) is 47.8. The maximum absolute atomic E-state index is 15.0. The van der Waals surface area contributed by atoms with E-state index in [2.05, 4.69) is 10.1 Å². The number of carboxylic acid groups (broad SMARTS) is 2. The van der Waals surface area contributed by atoms with E-state index in [9.17, 15) is 65.3 Å². The molecule has 0 spiro atoms. The van der Waals surface area contributed by atoms with E-state index < -0.39 is 127 Å². The van der Waals surface area contributed by atoms with E-state index in [0.717, 1.165) is 6.07 Å². The van der Waals surface area contributed by atoms with Gasteiger partial charge in [-0.15, -0.1) is 0 Å². The third-order valence-electron chi connectivity index (χ3n) is 10.5. The van der Waals surface area contributed by atoms with Crippen molar-refractivity contribution < 1.29 is 96.4 Å². The molecule has 23 heteroatoms. The number of aromatic carboxylic acids is 2. The Bertz CT molecular complexity index is 2800. The van der Waals surface area contributed by atoms with Crippen LogP contribution in [0.15, 0.2) is 103 Å². The minimum Gasteiger partial charge on any atom is -0.478 e. The average molecular weight is 941 g/mol. The second-order valence-electron chi connectivity index (χ2n) is 14.4. The van der Waals surface area contributed by atoms with Crippen molar-refractivity contribution in [1.82, 2.24) is 0 Å². The Kier molecular flexibility index (Phi) is 11.8. The van der Waals surface area contributed by atoms with Crippen molar-refractivity contribution in [3.63, 3.8) is 0 Å². The molecule has 0 radical (unpaired) electrons. The summed E-state index contributed by atoms with van der Waals surface area (Å²) in [5.74, 6) is -9.47. The molecular weight excluding hydrogens is 916 g/mol. The molecule has 1 aliphatic rings. The molecule has 5 aromatic carbocycles. The van der Waals surface area contributed by atoms with Crippen LogP contribution in [0, 0.1) is 6.92 Å². The number of esters is 2. The van der Waals surface area contributed by atoms with Gasteiger partial charge in [-0.1, -0.05) is 48.0 Å². The van der Waals surface area contributed by atoms with Crippen LogP contribution in [0.4, 0.5) is 64.1 Å². The normalized spacial score (nSPS) is 13.5. The van der Waals surface area contributed by atoms with Crippen LogP contribution in [-0.2, 0) is 15.6 Å². The second kappa shape index (κ2) is 16.4. The number of aryl methyl sites for hydroxylation is 1. The van der Waals surface area contributed by atoms with Crippen LogP contribution in [0.2, 0.25) is 0 Å². The maximum atomic E-state index is 15.0. The Hall–Kier alpha value is -7.72. The minimum absolute atomic E-state index is 0.0698. The third kappa shape index (κ3) is 7.93. The van der Waals surface area contributed by atoms with Gasteiger partial charge in [-0.2, -0.15) is 52.7 Å². The number of nitrogens with one attached hydrogen (secondary N) is 2. The lowest BCUT2D eigenvalue weighted by molar-refractivity contribution is -0.290. The summed E-state index contributed by atoms with van der Waals surface area (Å²) < 4.78 is 184. The van der Waals surface area contributed by atoms with Crippen molar-refractivity contribution in [1.29, 1.82) is 0 Å². The molecule has 0 atom stereocenters. The molecule has 1 heterocycles. The predicted molar refractivity (Wildman–Crippen MR) is 202 cm³/mol. The lowest BCUT2D eigenvalue weighted by atomic mass is 9.71. The number of benzene rings is 5. The van der Waals surface area contributed by atoms with Gasteiger partial charge in [0.25, 0.3) is 11.8 Å². The number of carbonyl (C=O) groups is 6. The topological polar surface area (TPSA) is 176 Å². The Labute approximate surface area is 360 Å². The minimum atomic E-state index is -6.40. The van der Waals surface area contributed by atoms with Gasteiger partial charge >= 0.3 is 48.6 Å². The SMILES string of the molecule is Cc1ccc(C(=O)O)c(C(=O)Nc2ccc(C(c3ccc(NC(=O)c4cc(C(c5ccc6c(c5)C(=O)OC6=O)(C(F)(F)F)C(F)(F)F)ccc4C(=O)O)cc3)(C(F)(F)F)C(F)(F)F)cc2)c1. The molecule has 0 unspecified atom stereocenters. The molecule has 66 heavy (non-hydrogen) atoms. The largest absolute Gasteiger partial charge is 0.478 e. The van der Waals surface area contributed by atoms with Crippen LogP contribution in [0.1, 0.15) is 90.0 Å². The highest BCUT2D eigenvalue weighted by molar-refractivity contribution is 6.15. The van der Waals surface area contributed by atoms with Gasteiger partial charge in [-0.3, -0.25) is 9.59 Å². The van der Waals surface area contributed by atoms with Crippen molar-refractivity contribution in [2.24, 2.45) is 0 Å². The van der Waals surface area contributed by atoms with Crippen LogP contribution < -0.4 is 10.6 Å². The number of anilines is 2. The Morgan fingerprint density at radius 1 is 0.439 bits per heavy atom. The first-order valence-electron chi connectivity index (χ1n) is 18.2. The fourth-order valence-corrected chi connectivity index (χ4v) is 7.47. The van der Waals surface area contributed by atoms with Crippen molar-refractivity contribution in [2.45, 2.75) is 42.5 Å². The summed E-state index contributed by atoms with van der Waals surface area (Å²) in [7, 11) is 0. The molecule has 1 aliphatic heterocycles. The number of rotatable bonds is 10. The highest BCUT2D eigenvalue weighted by Gasteiger charge is 2.74. The van der Waals surface area contributed by atoms with Crippen LogP contribution in [0.25, 0.3) is 0 Å². The first-order valence-corrected chi connectivity index (χ1v) is 18.2. The molecule has 6 rings (SSSR count). The number of cyclic esters (lactones) is 2. The highest BCUT2D eigenvalue weighted by Crippen LogP contribution is 2.58. The number of ether oxygens (including phenoxy) is 1. The van der Waals surface area contributed by atoms with E-state index in [1.165, 1.54) is 19.1 Å². The van der Waals surface area contributed by atoms with Gasteiger partial charge in [0, 0.05) is 11.4 Å². The molecule has 11 nitrogen and oxygen atoms in total. The summed E-state index contributed by atoms with van der Waals surface area (Å²) in [4.78, 5) is 74.2. The molecule has 0 saturated heterocycles. The zero-order chi connectivity index (χ0) is 49.1. The summed E-state index contributed by atoms with van der Waals surface area (Å²) in [5, 5.41) is 23.2. The number of hydrogen-bond donors (Lipinski definition) is 4. The van der Waals surface area contributed by atoms with Gasteiger partial charge in [0.2, 0.25) is 10.8 Å². The summed E-state index contributed by atoms with van der Waals surface area (Å²) in [6.07, 6.45) is -25.2. The maximum Gasteiger partial charge on any atom is 0.411 e. The van der Waals surface area contributed by atoms with Gasteiger partial charge < -0.3 is 25.6 Å². The molecule has 344 valence electrons. The lowest BCUT2D eigenvalue weighted by Crippen LogP contribution is -2.55. The summed E-state index contributed by atoms with van der Waals surface area (Å²) in [6, 6.07) is 7.96. The van der Waals surface area contributed by atoms with Crippen LogP contribution in [0.5, 0.6) is 0 Å². The molecule has 0 bridgehead atoms. The van der Waals surface area contributed by atoms with Crippen LogP contribution in [0.3, 0.4) is 0 Å². The summed E-state index contributed by atoms with van der Waals surface area (Å²) >= 11 is 0. The molecule has 0 aromatic heterocycles. The molecule has 4 N–H and O–H groups in total. The number of halogens is 12. The molecule has 0 saturated carbocycles. The highest BCUT2D eigenvalue weighted by atomic mass is 19.4. The number of alkyl halides is 12. The van der Waals surface area contributed by atoms with E-state index in [4.69, 9.17) is 0 Å². The van der Waals surface area contributed by atoms with Gasteiger partial charge in [0.05, 0.1) is 33.4 Å². The van der Waals surface area contributed by atoms with E-state index in [1.54, 1.807) is 0 Å². The lowest BCUT2D eigenvalue weighted by Gasteiger charge is -2.38. The average Bonchev–Trinajstić information content (AvgIpc) is 3.48. The Morgan fingerprint density at radius 3 is 1.21 bits per heavy atom. The quantitative estimate of drug-likeness (QED) is 0.0603. The molecule has 2 amide bonds. The van der Waals surface area contributed by atoms with E-state index in [-0.39, 0.29) is 53.7 Å². The fourth-order valence-electron chi connectivity index (χ4n) is 7.47. The number of carboxylic acids is 2. The van der Waals surface area contributed by atoms with Crippen molar-refractivity contribution in [2.75, 3.05) is 10.6 Å². The molecule has 0 aliphatic carbocycles. The number of hydrogen-bond acceptors (Lipinski definition) is 7. The fraction of sp³-hybridized carbons (Fsp3) is 0.163. The van der Waals surface area contributed by atoms with E-state index in [1.807, 2.05) is 5.32 Å². The smallest absolute Gasteiger partial charge is 0.411 e.